The standard InChI is InChI=1S/C21H29BrOS2/c1-3-5-7-9-11-16-13-18(15-23)24-20(16)19-14-17(21(22)25-19)12-10-8-6-4-2/h13-15H,3-12H2,1-2H3. The molecule has 0 aliphatic rings. The van der Waals surface area contributed by atoms with Crippen molar-refractivity contribution in [2.45, 2.75) is 78.1 Å². The molecule has 0 fully saturated rings. The smallest absolute Gasteiger partial charge is 0.160 e. The van der Waals surface area contributed by atoms with Crippen molar-refractivity contribution in [3.8, 4) is 9.75 Å². The van der Waals surface area contributed by atoms with Crippen LogP contribution in [-0.4, -0.2) is 6.29 Å². The molecular weight excluding hydrogens is 412 g/mol. The van der Waals surface area contributed by atoms with Gasteiger partial charge in [0.15, 0.2) is 6.29 Å². The van der Waals surface area contributed by atoms with Gasteiger partial charge in [0.05, 0.1) is 8.66 Å². The van der Waals surface area contributed by atoms with Crippen LogP contribution in [0.3, 0.4) is 0 Å². The minimum atomic E-state index is 0.856. The Morgan fingerprint density at radius 1 is 0.880 bits per heavy atom. The predicted octanol–water partition coefficient (Wildman–Crippen LogP) is 8.30. The Morgan fingerprint density at radius 2 is 1.52 bits per heavy atom. The van der Waals surface area contributed by atoms with Crippen LogP contribution in [0.4, 0.5) is 0 Å². The first kappa shape index (κ1) is 20.9. The van der Waals surface area contributed by atoms with Crippen LogP contribution >= 0.6 is 38.6 Å². The molecule has 0 N–H and O–H groups in total. The van der Waals surface area contributed by atoms with E-state index in [1.807, 2.05) is 11.3 Å². The highest BCUT2D eigenvalue weighted by Crippen LogP contribution is 2.41. The summed E-state index contributed by atoms with van der Waals surface area (Å²) in [5.74, 6) is 0. The van der Waals surface area contributed by atoms with Gasteiger partial charge in [0.2, 0.25) is 0 Å². The predicted molar refractivity (Wildman–Crippen MR) is 116 cm³/mol. The van der Waals surface area contributed by atoms with E-state index in [0.717, 1.165) is 24.0 Å². The quantitative estimate of drug-likeness (QED) is 0.239. The molecular formula is C21H29BrOS2. The van der Waals surface area contributed by atoms with E-state index in [-0.39, 0.29) is 0 Å². The summed E-state index contributed by atoms with van der Waals surface area (Å²) in [6.07, 6.45) is 13.5. The number of rotatable bonds is 12. The number of hydrogen-bond donors (Lipinski definition) is 0. The molecule has 0 unspecified atom stereocenters. The Hall–Kier alpha value is -0.450. The summed E-state index contributed by atoms with van der Waals surface area (Å²) in [6.45, 7) is 4.49. The molecule has 0 saturated carbocycles. The van der Waals surface area contributed by atoms with Crippen molar-refractivity contribution >= 4 is 44.9 Å². The second kappa shape index (κ2) is 11.3. The molecule has 138 valence electrons. The van der Waals surface area contributed by atoms with Crippen LogP contribution in [0, 0.1) is 0 Å². The Morgan fingerprint density at radius 3 is 2.12 bits per heavy atom. The van der Waals surface area contributed by atoms with Crippen LogP contribution in [0.2, 0.25) is 0 Å². The van der Waals surface area contributed by atoms with Crippen LogP contribution in [0.1, 0.15) is 86.0 Å². The van der Waals surface area contributed by atoms with Gasteiger partial charge in [-0.1, -0.05) is 52.4 Å². The van der Waals surface area contributed by atoms with Crippen LogP contribution < -0.4 is 0 Å². The van der Waals surface area contributed by atoms with E-state index in [1.54, 1.807) is 11.3 Å². The zero-order valence-corrected chi connectivity index (χ0v) is 18.6. The number of aryl methyl sites for hydroxylation is 2. The molecule has 2 aromatic heterocycles. The lowest BCUT2D eigenvalue weighted by Crippen LogP contribution is -1.86. The third-order valence-corrected chi connectivity index (χ3v) is 7.77. The minimum absolute atomic E-state index is 0.856. The van der Waals surface area contributed by atoms with Crippen LogP contribution in [-0.2, 0) is 12.8 Å². The van der Waals surface area contributed by atoms with Gasteiger partial charge in [0.25, 0.3) is 0 Å². The lowest BCUT2D eigenvalue weighted by molar-refractivity contribution is 0.112. The largest absolute Gasteiger partial charge is 0.297 e. The SMILES string of the molecule is CCCCCCc1cc(-c2sc(C=O)cc2CCCCCC)sc1Br. The second-order valence-electron chi connectivity index (χ2n) is 6.65. The molecule has 0 aromatic carbocycles. The van der Waals surface area contributed by atoms with E-state index in [1.165, 1.54) is 76.0 Å². The molecule has 0 radical (unpaired) electrons. The van der Waals surface area contributed by atoms with Gasteiger partial charge in [-0.3, -0.25) is 4.79 Å². The molecule has 0 spiro atoms. The third-order valence-electron chi connectivity index (χ3n) is 4.52. The normalized spacial score (nSPS) is 11.2. The minimum Gasteiger partial charge on any atom is -0.297 e. The van der Waals surface area contributed by atoms with Gasteiger partial charge in [-0.2, -0.15) is 0 Å². The van der Waals surface area contributed by atoms with Crippen molar-refractivity contribution in [3.63, 3.8) is 0 Å². The second-order valence-corrected chi connectivity index (χ2v) is 10.1. The maximum atomic E-state index is 11.3. The Labute approximate surface area is 169 Å². The van der Waals surface area contributed by atoms with E-state index in [0.29, 0.717) is 0 Å². The first-order chi connectivity index (χ1) is 12.2. The summed E-state index contributed by atoms with van der Waals surface area (Å²) in [5.41, 5.74) is 2.78. The van der Waals surface area contributed by atoms with Crippen molar-refractivity contribution in [1.82, 2.24) is 0 Å². The molecule has 0 atom stereocenters. The number of hydrogen-bond acceptors (Lipinski definition) is 3. The van der Waals surface area contributed by atoms with Crippen molar-refractivity contribution in [2.75, 3.05) is 0 Å². The van der Waals surface area contributed by atoms with Gasteiger partial charge in [-0.25, -0.2) is 0 Å². The summed E-state index contributed by atoms with van der Waals surface area (Å²) < 4.78 is 1.26. The zero-order chi connectivity index (χ0) is 18.1. The number of carbonyl (C=O) groups excluding carboxylic acids is 1. The summed E-state index contributed by atoms with van der Waals surface area (Å²) >= 11 is 7.23. The molecule has 0 bridgehead atoms. The van der Waals surface area contributed by atoms with E-state index in [9.17, 15) is 4.79 Å². The van der Waals surface area contributed by atoms with Crippen LogP contribution in [0.15, 0.2) is 15.9 Å². The number of unbranched alkanes of at least 4 members (excludes halogenated alkanes) is 6. The Balaban J connectivity index is 2.11. The number of aldehydes is 1. The van der Waals surface area contributed by atoms with Crippen molar-refractivity contribution in [3.05, 3.63) is 31.9 Å². The van der Waals surface area contributed by atoms with Crippen LogP contribution in [0.25, 0.3) is 9.75 Å². The maximum absolute atomic E-state index is 11.3. The molecule has 0 saturated heterocycles. The summed E-state index contributed by atoms with van der Waals surface area (Å²) in [5, 5.41) is 0. The maximum Gasteiger partial charge on any atom is 0.160 e. The summed E-state index contributed by atoms with van der Waals surface area (Å²) in [7, 11) is 0. The molecule has 25 heavy (non-hydrogen) atoms. The van der Waals surface area contributed by atoms with E-state index in [4.69, 9.17) is 0 Å². The summed E-state index contributed by atoms with van der Waals surface area (Å²) in [6, 6.07) is 4.45. The van der Waals surface area contributed by atoms with Crippen molar-refractivity contribution < 1.29 is 4.79 Å². The molecule has 0 amide bonds. The highest BCUT2D eigenvalue weighted by molar-refractivity contribution is 9.11. The van der Waals surface area contributed by atoms with Crippen molar-refractivity contribution in [2.24, 2.45) is 0 Å². The van der Waals surface area contributed by atoms with Gasteiger partial charge in [-0.05, 0) is 64.9 Å². The number of thiophene rings is 2. The van der Waals surface area contributed by atoms with Gasteiger partial charge < -0.3 is 0 Å². The molecule has 1 nitrogen and oxygen atoms in total. The first-order valence-corrected chi connectivity index (χ1v) is 12.0. The average Bonchev–Trinajstić information content (AvgIpc) is 3.19. The van der Waals surface area contributed by atoms with E-state index >= 15 is 0 Å². The molecule has 2 heterocycles. The molecule has 0 aliphatic heterocycles. The fourth-order valence-electron chi connectivity index (χ4n) is 3.08. The average molecular weight is 442 g/mol. The lowest BCUT2D eigenvalue weighted by Gasteiger charge is -2.02. The highest BCUT2D eigenvalue weighted by Gasteiger charge is 2.15. The topological polar surface area (TPSA) is 17.1 Å². The Kier molecular flexibility index (Phi) is 9.43. The first-order valence-electron chi connectivity index (χ1n) is 9.56. The fraction of sp³-hybridized carbons (Fsp3) is 0.571. The number of halogens is 1. The van der Waals surface area contributed by atoms with Crippen molar-refractivity contribution in [1.29, 1.82) is 0 Å². The fourth-order valence-corrected chi connectivity index (χ4v) is 6.01. The van der Waals surface area contributed by atoms with Gasteiger partial charge in [0.1, 0.15) is 0 Å². The molecule has 2 aromatic rings. The molecule has 2 rings (SSSR count). The zero-order valence-electron chi connectivity index (χ0n) is 15.4. The third kappa shape index (κ3) is 6.33. The van der Waals surface area contributed by atoms with Gasteiger partial charge >= 0.3 is 0 Å². The lowest BCUT2D eigenvalue weighted by atomic mass is 10.1. The van der Waals surface area contributed by atoms with E-state index < -0.39 is 0 Å². The summed E-state index contributed by atoms with van der Waals surface area (Å²) in [4.78, 5) is 14.7. The Bertz CT molecular complexity index is 657. The van der Waals surface area contributed by atoms with E-state index in [2.05, 4.69) is 41.9 Å². The number of carbonyl (C=O) groups is 1. The monoisotopic (exact) mass is 440 g/mol. The van der Waals surface area contributed by atoms with Gasteiger partial charge in [-0.15, -0.1) is 22.7 Å². The highest BCUT2D eigenvalue weighted by atomic mass is 79.9. The molecule has 0 aliphatic carbocycles. The molecule has 4 heteroatoms. The van der Waals surface area contributed by atoms with Crippen LogP contribution in [0.5, 0.6) is 0 Å². The van der Waals surface area contributed by atoms with Gasteiger partial charge in [0, 0.05) is 9.75 Å².